The molecule has 1 atom stereocenters. The Morgan fingerprint density at radius 3 is 2.42 bits per heavy atom. The van der Waals surface area contributed by atoms with E-state index in [1.807, 2.05) is 18.2 Å². The van der Waals surface area contributed by atoms with Gasteiger partial charge in [0.2, 0.25) is 5.91 Å². The standard InChI is InChI=1S/C25H31NO5/c1-17(2)25(20-9-12-22-23(16-20)31-15-5-14-30-22)26-24(28)6-4-13-29-21-10-7-19(8-11-21)18(3)27/h7-12,16-17,25H,4-6,13-15H2,1-3H3,(H,26,28)/t25-/m1/s1. The largest absolute Gasteiger partial charge is 0.494 e. The third kappa shape index (κ3) is 6.48. The lowest BCUT2D eigenvalue weighted by molar-refractivity contribution is -0.122. The van der Waals surface area contributed by atoms with Crippen LogP contribution in [0.5, 0.6) is 17.2 Å². The van der Waals surface area contributed by atoms with Gasteiger partial charge in [0.05, 0.1) is 25.9 Å². The van der Waals surface area contributed by atoms with E-state index < -0.39 is 0 Å². The van der Waals surface area contributed by atoms with Gasteiger partial charge in [-0.2, -0.15) is 0 Å². The third-order valence-electron chi connectivity index (χ3n) is 5.19. The van der Waals surface area contributed by atoms with Crippen LogP contribution in [0.3, 0.4) is 0 Å². The molecule has 1 aliphatic rings. The molecule has 1 heterocycles. The molecule has 31 heavy (non-hydrogen) atoms. The molecular weight excluding hydrogens is 394 g/mol. The molecule has 1 aliphatic heterocycles. The fraction of sp³-hybridized carbons (Fsp3) is 0.440. The van der Waals surface area contributed by atoms with Crippen LogP contribution < -0.4 is 19.5 Å². The highest BCUT2D eigenvalue weighted by Crippen LogP contribution is 2.34. The van der Waals surface area contributed by atoms with E-state index >= 15 is 0 Å². The van der Waals surface area contributed by atoms with Crippen molar-refractivity contribution in [1.82, 2.24) is 5.32 Å². The molecule has 0 saturated heterocycles. The van der Waals surface area contributed by atoms with Crippen molar-refractivity contribution in [3.63, 3.8) is 0 Å². The molecule has 0 radical (unpaired) electrons. The Kier molecular flexibility index (Phi) is 7.93. The summed E-state index contributed by atoms with van der Waals surface area (Å²) in [6.45, 7) is 7.42. The van der Waals surface area contributed by atoms with Gasteiger partial charge in [-0.05, 0) is 61.2 Å². The van der Waals surface area contributed by atoms with Crippen molar-refractivity contribution >= 4 is 11.7 Å². The van der Waals surface area contributed by atoms with Crippen molar-refractivity contribution in [2.45, 2.75) is 46.1 Å². The minimum absolute atomic E-state index is 0.0126. The summed E-state index contributed by atoms with van der Waals surface area (Å²) in [7, 11) is 0. The van der Waals surface area contributed by atoms with E-state index in [2.05, 4.69) is 19.2 Å². The summed E-state index contributed by atoms with van der Waals surface area (Å²) in [4.78, 5) is 23.9. The average Bonchev–Trinajstić information content (AvgIpc) is 3.00. The topological polar surface area (TPSA) is 73.9 Å². The van der Waals surface area contributed by atoms with E-state index in [0.29, 0.717) is 44.0 Å². The highest BCUT2D eigenvalue weighted by Gasteiger charge is 2.21. The molecule has 0 saturated carbocycles. The summed E-state index contributed by atoms with van der Waals surface area (Å²) in [6, 6.07) is 12.8. The molecule has 3 rings (SSSR count). The third-order valence-corrected chi connectivity index (χ3v) is 5.19. The Bertz CT molecular complexity index is 891. The van der Waals surface area contributed by atoms with Crippen molar-refractivity contribution in [1.29, 1.82) is 0 Å². The number of hydrogen-bond donors (Lipinski definition) is 1. The maximum Gasteiger partial charge on any atom is 0.220 e. The number of rotatable bonds is 9. The molecule has 6 heteroatoms. The second-order valence-electron chi connectivity index (χ2n) is 8.08. The van der Waals surface area contributed by atoms with Gasteiger partial charge in [0.1, 0.15) is 5.75 Å². The van der Waals surface area contributed by atoms with Gasteiger partial charge in [0.25, 0.3) is 0 Å². The molecule has 1 N–H and O–H groups in total. The fourth-order valence-corrected chi connectivity index (χ4v) is 3.46. The molecule has 0 fully saturated rings. The van der Waals surface area contributed by atoms with Crippen LogP contribution in [0.15, 0.2) is 42.5 Å². The second kappa shape index (κ2) is 10.8. The van der Waals surface area contributed by atoms with E-state index in [1.54, 1.807) is 24.3 Å². The highest BCUT2D eigenvalue weighted by atomic mass is 16.5. The number of carbonyl (C=O) groups excluding carboxylic acids is 2. The normalized spacial score (nSPS) is 13.9. The Morgan fingerprint density at radius 2 is 1.74 bits per heavy atom. The van der Waals surface area contributed by atoms with Gasteiger partial charge in [0, 0.05) is 18.4 Å². The number of fused-ring (bicyclic) bond motifs is 1. The van der Waals surface area contributed by atoms with E-state index in [4.69, 9.17) is 14.2 Å². The average molecular weight is 426 g/mol. The van der Waals surface area contributed by atoms with Gasteiger partial charge >= 0.3 is 0 Å². The SMILES string of the molecule is CC(=O)c1ccc(OCCCC(=O)N[C@@H](c2ccc3c(c2)OCCCO3)C(C)C)cc1. The van der Waals surface area contributed by atoms with Crippen molar-refractivity contribution in [2.24, 2.45) is 5.92 Å². The maximum atomic E-state index is 12.5. The van der Waals surface area contributed by atoms with Crippen LogP contribution in [-0.2, 0) is 4.79 Å². The number of benzene rings is 2. The van der Waals surface area contributed by atoms with Gasteiger partial charge in [-0.3, -0.25) is 9.59 Å². The molecule has 2 aromatic rings. The van der Waals surface area contributed by atoms with Gasteiger partial charge < -0.3 is 19.5 Å². The van der Waals surface area contributed by atoms with Gasteiger partial charge in [-0.15, -0.1) is 0 Å². The van der Waals surface area contributed by atoms with Crippen LogP contribution in [-0.4, -0.2) is 31.5 Å². The van der Waals surface area contributed by atoms with Crippen LogP contribution in [0.1, 0.15) is 62.0 Å². The van der Waals surface area contributed by atoms with Crippen LogP contribution >= 0.6 is 0 Å². The van der Waals surface area contributed by atoms with E-state index in [-0.39, 0.29) is 23.7 Å². The first-order chi connectivity index (χ1) is 14.9. The molecule has 1 amide bonds. The van der Waals surface area contributed by atoms with Crippen molar-refractivity contribution in [3.05, 3.63) is 53.6 Å². The predicted molar refractivity (Wildman–Crippen MR) is 119 cm³/mol. The molecule has 166 valence electrons. The minimum Gasteiger partial charge on any atom is -0.494 e. The summed E-state index contributed by atoms with van der Waals surface area (Å²) < 4.78 is 17.2. The zero-order valence-electron chi connectivity index (χ0n) is 18.5. The van der Waals surface area contributed by atoms with Crippen LogP contribution in [0.4, 0.5) is 0 Å². The number of ketones is 1. The number of hydrogen-bond acceptors (Lipinski definition) is 5. The lowest BCUT2D eigenvalue weighted by Crippen LogP contribution is -2.31. The second-order valence-corrected chi connectivity index (χ2v) is 8.08. The molecule has 0 aliphatic carbocycles. The molecule has 2 aromatic carbocycles. The molecule has 0 aromatic heterocycles. The first-order valence-electron chi connectivity index (χ1n) is 10.9. The van der Waals surface area contributed by atoms with Crippen LogP contribution in [0.2, 0.25) is 0 Å². The number of carbonyl (C=O) groups is 2. The van der Waals surface area contributed by atoms with E-state index in [0.717, 1.165) is 23.5 Å². The highest BCUT2D eigenvalue weighted by molar-refractivity contribution is 5.94. The first-order valence-corrected chi connectivity index (χ1v) is 10.9. The summed E-state index contributed by atoms with van der Waals surface area (Å²) >= 11 is 0. The quantitative estimate of drug-likeness (QED) is 0.465. The molecule has 6 nitrogen and oxygen atoms in total. The Morgan fingerprint density at radius 1 is 1.03 bits per heavy atom. The van der Waals surface area contributed by atoms with E-state index in [9.17, 15) is 9.59 Å². The number of ether oxygens (including phenoxy) is 3. The number of nitrogens with one attached hydrogen (secondary N) is 1. The molecule has 0 spiro atoms. The monoisotopic (exact) mass is 425 g/mol. The van der Waals surface area contributed by atoms with Gasteiger partial charge in [0.15, 0.2) is 17.3 Å². The summed E-state index contributed by atoms with van der Waals surface area (Å²) in [5, 5.41) is 3.15. The smallest absolute Gasteiger partial charge is 0.220 e. The van der Waals surface area contributed by atoms with Crippen LogP contribution in [0.25, 0.3) is 0 Å². The Hall–Kier alpha value is -3.02. The van der Waals surface area contributed by atoms with Crippen molar-refractivity contribution < 1.29 is 23.8 Å². The van der Waals surface area contributed by atoms with Gasteiger partial charge in [-0.25, -0.2) is 0 Å². The predicted octanol–water partition coefficient (Wildman–Crippen LogP) is 4.72. The number of Topliss-reactive ketones (excluding diaryl/α,β-unsaturated/α-hetero) is 1. The zero-order valence-corrected chi connectivity index (χ0v) is 18.5. The van der Waals surface area contributed by atoms with Crippen molar-refractivity contribution in [3.8, 4) is 17.2 Å². The zero-order chi connectivity index (χ0) is 22.2. The van der Waals surface area contributed by atoms with Gasteiger partial charge in [-0.1, -0.05) is 19.9 Å². The van der Waals surface area contributed by atoms with Crippen molar-refractivity contribution in [2.75, 3.05) is 19.8 Å². The molecule has 0 bridgehead atoms. The molecular formula is C25H31NO5. The summed E-state index contributed by atoms with van der Waals surface area (Å²) in [5.41, 5.74) is 1.66. The first kappa shape index (κ1) is 22.7. The van der Waals surface area contributed by atoms with Crippen LogP contribution in [0, 0.1) is 5.92 Å². The minimum atomic E-state index is -0.107. The lowest BCUT2D eigenvalue weighted by Gasteiger charge is -2.24. The summed E-state index contributed by atoms with van der Waals surface area (Å²) in [6.07, 6.45) is 1.84. The van der Waals surface area contributed by atoms with E-state index in [1.165, 1.54) is 6.92 Å². The Labute approximate surface area is 183 Å². The maximum absolute atomic E-state index is 12.5. The number of amides is 1. The fourth-order valence-electron chi connectivity index (χ4n) is 3.46. The Balaban J connectivity index is 1.50. The summed E-state index contributed by atoms with van der Waals surface area (Å²) in [5.74, 6) is 2.42. The molecule has 0 unspecified atom stereocenters. The lowest BCUT2D eigenvalue weighted by atomic mass is 9.95.